The number of benzene rings is 1. The van der Waals surface area contributed by atoms with Crippen LogP contribution in [0.2, 0.25) is 0 Å². The Hall–Kier alpha value is -3.13. The average Bonchev–Trinajstić information content (AvgIpc) is 2.52. The Morgan fingerprint density at radius 2 is 2.00 bits per heavy atom. The third-order valence-corrected chi connectivity index (χ3v) is 3.30. The van der Waals surface area contributed by atoms with E-state index in [0.29, 0.717) is 11.9 Å². The molecule has 0 saturated heterocycles. The normalized spacial score (nSPS) is 10.4. The lowest BCUT2D eigenvalue weighted by molar-refractivity contribution is 0.479. The summed E-state index contributed by atoms with van der Waals surface area (Å²) < 4.78 is 1.50. The Morgan fingerprint density at radius 1 is 1.24 bits per heavy atom. The molecule has 102 valence electrons. The molecule has 2 heterocycles. The third kappa shape index (κ3) is 2.23. The van der Waals surface area contributed by atoms with Crippen molar-refractivity contribution in [3.63, 3.8) is 0 Å². The number of hydrogen-bond acceptors (Lipinski definition) is 4. The predicted molar refractivity (Wildman–Crippen MR) is 77.9 cm³/mol. The molecule has 0 spiro atoms. The van der Waals surface area contributed by atoms with Gasteiger partial charge in [0, 0.05) is 11.6 Å². The minimum atomic E-state index is -0.337. The summed E-state index contributed by atoms with van der Waals surface area (Å²) >= 11 is 0. The van der Waals surface area contributed by atoms with E-state index in [4.69, 9.17) is 5.26 Å². The molecule has 0 aliphatic heterocycles. The first kappa shape index (κ1) is 12.9. The van der Waals surface area contributed by atoms with E-state index in [1.54, 1.807) is 12.3 Å². The number of rotatable bonds is 2. The number of nitriles is 1. The van der Waals surface area contributed by atoms with Gasteiger partial charge in [-0.05, 0) is 11.6 Å². The van der Waals surface area contributed by atoms with E-state index in [2.05, 4.69) is 4.98 Å². The summed E-state index contributed by atoms with van der Waals surface area (Å²) in [6.07, 6.45) is 2.79. The van der Waals surface area contributed by atoms with E-state index in [1.807, 2.05) is 36.4 Å². The van der Waals surface area contributed by atoms with Crippen molar-refractivity contribution >= 4 is 10.8 Å². The molecule has 1 aromatic carbocycles. The van der Waals surface area contributed by atoms with Crippen LogP contribution in [0.25, 0.3) is 10.8 Å². The van der Waals surface area contributed by atoms with Gasteiger partial charge in [0.2, 0.25) is 0 Å². The summed E-state index contributed by atoms with van der Waals surface area (Å²) in [5.41, 5.74) is 0.664. The summed E-state index contributed by atoms with van der Waals surface area (Å²) in [4.78, 5) is 16.3. The number of aromatic nitrogens is 2. The molecule has 0 radical (unpaired) electrons. The van der Waals surface area contributed by atoms with Crippen molar-refractivity contribution in [2.45, 2.75) is 6.54 Å². The van der Waals surface area contributed by atoms with Gasteiger partial charge in [0.25, 0.3) is 5.56 Å². The van der Waals surface area contributed by atoms with Crippen LogP contribution >= 0.6 is 0 Å². The predicted octanol–water partition coefficient (Wildman–Crippen LogP) is 2.02. The van der Waals surface area contributed by atoms with Crippen molar-refractivity contribution in [1.82, 2.24) is 9.55 Å². The Labute approximate surface area is 120 Å². The molecule has 0 fully saturated rings. The maximum Gasteiger partial charge on any atom is 0.261 e. The standard InChI is InChI=1S/C16H11N3O2/c17-8-13-15-12(14(20)9-18-13)6-7-19(16(15)21)10-11-4-2-1-3-5-11/h1-7,9,20H,10H2. The minimum absolute atomic E-state index is 0.0233. The van der Waals surface area contributed by atoms with Crippen LogP contribution in [-0.4, -0.2) is 14.7 Å². The van der Waals surface area contributed by atoms with Gasteiger partial charge in [-0.2, -0.15) is 5.26 Å². The van der Waals surface area contributed by atoms with Gasteiger partial charge in [0.1, 0.15) is 11.8 Å². The van der Waals surface area contributed by atoms with Crippen LogP contribution in [0.3, 0.4) is 0 Å². The molecule has 0 unspecified atom stereocenters. The average molecular weight is 277 g/mol. The molecule has 0 aliphatic carbocycles. The quantitative estimate of drug-likeness (QED) is 0.777. The number of hydrogen-bond donors (Lipinski definition) is 1. The number of aromatic hydroxyl groups is 1. The second-order valence-corrected chi connectivity index (χ2v) is 4.63. The molecule has 3 aromatic rings. The first-order chi connectivity index (χ1) is 10.2. The van der Waals surface area contributed by atoms with Crippen molar-refractivity contribution in [2.75, 3.05) is 0 Å². The van der Waals surface area contributed by atoms with Crippen molar-refractivity contribution < 1.29 is 5.11 Å². The van der Waals surface area contributed by atoms with Gasteiger partial charge in [-0.15, -0.1) is 0 Å². The van der Waals surface area contributed by atoms with E-state index in [-0.39, 0.29) is 22.4 Å². The highest BCUT2D eigenvalue weighted by atomic mass is 16.3. The van der Waals surface area contributed by atoms with E-state index in [9.17, 15) is 9.90 Å². The van der Waals surface area contributed by atoms with Gasteiger partial charge in [0.05, 0.1) is 18.1 Å². The van der Waals surface area contributed by atoms with Gasteiger partial charge in [0.15, 0.2) is 5.69 Å². The van der Waals surface area contributed by atoms with Crippen LogP contribution < -0.4 is 5.56 Å². The first-order valence-corrected chi connectivity index (χ1v) is 6.36. The molecule has 0 aliphatic rings. The lowest BCUT2D eigenvalue weighted by Crippen LogP contribution is -2.21. The Morgan fingerprint density at radius 3 is 2.71 bits per heavy atom. The maximum atomic E-state index is 12.5. The highest BCUT2D eigenvalue weighted by Crippen LogP contribution is 2.22. The monoisotopic (exact) mass is 277 g/mol. The summed E-state index contributed by atoms with van der Waals surface area (Å²) in [7, 11) is 0. The summed E-state index contributed by atoms with van der Waals surface area (Å²) in [5.74, 6) is -0.104. The zero-order valence-corrected chi connectivity index (χ0v) is 11.0. The minimum Gasteiger partial charge on any atom is -0.506 e. The Balaban J connectivity index is 2.21. The SMILES string of the molecule is N#Cc1ncc(O)c2ccn(Cc3ccccc3)c(=O)c12. The van der Waals surface area contributed by atoms with Gasteiger partial charge in [-0.25, -0.2) is 4.98 Å². The van der Waals surface area contributed by atoms with Gasteiger partial charge in [-0.3, -0.25) is 4.79 Å². The van der Waals surface area contributed by atoms with Gasteiger partial charge < -0.3 is 9.67 Å². The van der Waals surface area contributed by atoms with Crippen LogP contribution in [0.5, 0.6) is 5.75 Å². The fraction of sp³-hybridized carbons (Fsp3) is 0.0625. The highest BCUT2D eigenvalue weighted by molar-refractivity contribution is 5.90. The number of nitrogens with zero attached hydrogens (tertiary/aromatic N) is 3. The van der Waals surface area contributed by atoms with E-state index >= 15 is 0 Å². The van der Waals surface area contributed by atoms with E-state index < -0.39 is 0 Å². The highest BCUT2D eigenvalue weighted by Gasteiger charge is 2.12. The molecule has 5 heteroatoms. The molecule has 0 amide bonds. The third-order valence-electron chi connectivity index (χ3n) is 3.30. The molecule has 1 N–H and O–H groups in total. The maximum absolute atomic E-state index is 12.5. The van der Waals surface area contributed by atoms with Crippen molar-refractivity contribution in [3.05, 3.63) is 70.4 Å². The summed E-state index contributed by atoms with van der Waals surface area (Å²) in [5, 5.41) is 19.4. The summed E-state index contributed by atoms with van der Waals surface area (Å²) in [6.45, 7) is 0.399. The van der Waals surface area contributed by atoms with E-state index in [1.165, 1.54) is 10.8 Å². The van der Waals surface area contributed by atoms with Crippen molar-refractivity contribution in [2.24, 2.45) is 0 Å². The Bertz CT molecular complexity index is 908. The fourth-order valence-corrected chi connectivity index (χ4v) is 2.27. The second-order valence-electron chi connectivity index (χ2n) is 4.63. The van der Waals surface area contributed by atoms with Crippen LogP contribution in [0.4, 0.5) is 0 Å². The summed E-state index contributed by atoms with van der Waals surface area (Å²) in [6, 6.07) is 13.1. The van der Waals surface area contributed by atoms with Crippen LogP contribution in [0.1, 0.15) is 11.3 Å². The van der Waals surface area contributed by atoms with Gasteiger partial charge >= 0.3 is 0 Å². The topological polar surface area (TPSA) is 78.9 Å². The molecule has 3 rings (SSSR count). The smallest absolute Gasteiger partial charge is 0.261 e. The van der Waals surface area contributed by atoms with Gasteiger partial charge in [-0.1, -0.05) is 30.3 Å². The molecular weight excluding hydrogens is 266 g/mol. The molecule has 2 aromatic heterocycles. The first-order valence-electron chi connectivity index (χ1n) is 6.36. The van der Waals surface area contributed by atoms with Crippen molar-refractivity contribution in [1.29, 1.82) is 5.26 Å². The molecule has 21 heavy (non-hydrogen) atoms. The molecule has 0 bridgehead atoms. The second kappa shape index (κ2) is 5.10. The fourth-order valence-electron chi connectivity index (χ4n) is 2.27. The number of pyridine rings is 2. The Kier molecular flexibility index (Phi) is 3.13. The lowest BCUT2D eigenvalue weighted by Gasteiger charge is -2.08. The van der Waals surface area contributed by atoms with Crippen LogP contribution in [-0.2, 0) is 6.54 Å². The van der Waals surface area contributed by atoms with Crippen molar-refractivity contribution in [3.8, 4) is 11.8 Å². The van der Waals surface area contributed by atoms with Crippen LogP contribution in [0, 0.1) is 11.3 Å². The molecule has 0 atom stereocenters. The zero-order valence-electron chi connectivity index (χ0n) is 11.0. The largest absolute Gasteiger partial charge is 0.506 e. The van der Waals surface area contributed by atoms with Crippen LogP contribution in [0.15, 0.2) is 53.6 Å². The van der Waals surface area contributed by atoms with E-state index in [0.717, 1.165) is 5.56 Å². The molecule has 5 nitrogen and oxygen atoms in total. The zero-order chi connectivity index (χ0) is 14.8. The molecular formula is C16H11N3O2. The lowest BCUT2D eigenvalue weighted by atomic mass is 10.1. The molecule has 0 saturated carbocycles. The number of fused-ring (bicyclic) bond motifs is 1.